The number of hydrogen-bond donors (Lipinski definition) is 1. The largest absolute Gasteiger partial charge is 0.496 e. The summed E-state index contributed by atoms with van der Waals surface area (Å²) >= 11 is 0. The first-order valence-corrected chi connectivity index (χ1v) is 3.40. The molecule has 52 valence electrons. The van der Waals surface area contributed by atoms with Crippen LogP contribution in [0.4, 0.5) is 0 Å². The molecule has 0 aliphatic carbocycles. The van der Waals surface area contributed by atoms with Gasteiger partial charge in [0.25, 0.3) is 0 Å². The molecular formula is C7H13NO. The first kappa shape index (κ1) is 6.62. The Kier molecular flexibility index (Phi) is 2.11. The van der Waals surface area contributed by atoms with Crippen molar-refractivity contribution in [1.82, 2.24) is 0 Å². The number of nitrogens with two attached hydrogens (primary N) is 1. The van der Waals surface area contributed by atoms with Gasteiger partial charge in [-0.05, 0) is 12.0 Å². The fourth-order valence-electron chi connectivity index (χ4n) is 0.948. The van der Waals surface area contributed by atoms with Gasteiger partial charge in [-0.1, -0.05) is 6.92 Å². The lowest BCUT2D eigenvalue weighted by Gasteiger charge is -2.04. The molecule has 2 nitrogen and oxygen atoms in total. The van der Waals surface area contributed by atoms with Crippen LogP contribution in [0, 0.1) is 0 Å². The van der Waals surface area contributed by atoms with Crippen molar-refractivity contribution < 1.29 is 4.74 Å². The highest BCUT2D eigenvalue weighted by Crippen LogP contribution is 2.18. The van der Waals surface area contributed by atoms with Gasteiger partial charge in [0.15, 0.2) is 0 Å². The van der Waals surface area contributed by atoms with E-state index in [4.69, 9.17) is 10.5 Å². The summed E-state index contributed by atoms with van der Waals surface area (Å²) in [5.74, 6) is 0. The van der Waals surface area contributed by atoms with E-state index in [0.29, 0.717) is 6.54 Å². The minimum absolute atomic E-state index is 0.264. The second-order valence-electron chi connectivity index (χ2n) is 2.33. The molecule has 0 aromatic carbocycles. The van der Waals surface area contributed by atoms with Gasteiger partial charge in [-0.3, -0.25) is 0 Å². The molecule has 0 saturated carbocycles. The molecule has 0 saturated heterocycles. The Hall–Kier alpha value is -0.500. The van der Waals surface area contributed by atoms with Gasteiger partial charge in [0.2, 0.25) is 0 Å². The van der Waals surface area contributed by atoms with E-state index in [0.717, 1.165) is 12.8 Å². The third-order valence-electron chi connectivity index (χ3n) is 1.63. The van der Waals surface area contributed by atoms with Gasteiger partial charge in [0.05, 0.1) is 6.26 Å². The first-order chi connectivity index (χ1) is 4.36. The fourth-order valence-corrected chi connectivity index (χ4v) is 0.948. The Morgan fingerprint density at radius 1 is 1.89 bits per heavy atom. The summed E-state index contributed by atoms with van der Waals surface area (Å²) in [5, 5.41) is 0. The Morgan fingerprint density at radius 2 is 2.67 bits per heavy atom. The smallest absolute Gasteiger partial charge is 0.114 e. The van der Waals surface area contributed by atoms with Crippen LogP contribution in [0.1, 0.15) is 19.8 Å². The second-order valence-corrected chi connectivity index (χ2v) is 2.33. The third-order valence-corrected chi connectivity index (χ3v) is 1.63. The standard InChI is InChI=1S/C7H13NO/c1-2-6-3-7(4-8)9-5-6/h5,7H,2-4,8H2,1H3. The maximum absolute atomic E-state index is 5.39. The van der Waals surface area contributed by atoms with Crippen LogP contribution in [0.3, 0.4) is 0 Å². The van der Waals surface area contributed by atoms with Crippen LogP contribution in [-0.4, -0.2) is 12.6 Å². The summed E-state index contributed by atoms with van der Waals surface area (Å²) in [4.78, 5) is 0. The highest BCUT2D eigenvalue weighted by Gasteiger charge is 2.14. The van der Waals surface area contributed by atoms with Crippen LogP contribution in [0.15, 0.2) is 11.8 Å². The molecule has 1 unspecified atom stereocenters. The van der Waals surface area contributed by atoms with Gasteiger partial charge in [0.1, 0.15) is 6.10 Å². The van der Waals surface area contributed by atoms with Crippen LogP contribution in [0.25, 0.3) is 0 Å². The molecule has 0 amide bonds. The van der Waals surface area contributed by atoms with Crippen LogP contribution >= 0.6 is 0 Å². The minimum Gasteiger partial charge on any atom is -0.496 e. The Balaban J connectivity index is 2.31. The SMILES string of the molecule is CCC1=COC(CN)C1. The van der Waals surface area contributed by atoms with E-state index in [-0.39, 0.29) is 6.10 Å². The zero-order chi connectivity index (χ0) is 6.69. The summed E-state index contributed by atoms with van der Waals surface area (Å²) in [6.07, 6.45) is 4.24. The normalized spacial score (nSPS) is 25.6. The van der Waals surface area contributed by atoms with Crippen LogP contribution in [0.5, 0.6) is 0 Å². The van der Waals surface area contributed by atoms with E-state index in [2.05, 4.69) is 6.92 Å². The van der Waals surface area contributed by atoms with E-state index in [1.807, 2.05) is 6.26 Å². The van der Waals surface area contributed by atoms with Gasteiger partial charge in [-0.2, -0.15) is 0 Å². The molecule has 1 atom stereocenters. The molecule has 0 fully saturated rings. The molecule has 1 aliphatic heterocycles. The maximum atomic E-state index is 5.39. The van der Waals surface area contributed by atoms with Crippen molar-refractivity contribution in [2.24, 2.45) is 5.73 Å². The van der Waals surface area contributed by atoms with Crippen molar-refractivity contribution in [2.45, 2.75) is 25.9 Å². The predicted molar refractivity (Wildman–Crippen MR) is 36.9 cm³/mol. The van der Waals surface area contributed by atoms with E-state index in [1.165, 1.54) is 5.57 Å². The molecule has 2 heteroatoms. The fraction of sp³-hybridized carbons (Fsp3) is 0.714. The number of rotatable bonds is 2. The molecule has 0 aromatic heterocycles. The van der Waals surface area contributed by atoms with Crippen molar-refractivity contribution >= 4 is 0 Å². The second kappa shape index (κ2) is 2.87. The molecular weight excluding hydrogens is 114 g/mol. The van der Waals surface area contributed by atoms with Crippen LogP contribution in [-0.2, 0) is 4.74 Å². The molecule has 1 rings (SSSR count). The Bertz CT molecular complexity index is 120. The molecule has 9 heavy (non-hydrogen) atoms. The van der Waals surface area contributed by atoms with Gasteiger partial charge < -0.3 is 10.5 Å². The minimum atomic E-state index is 0.264. The van der Waals surface area contributed by atoms with E-state index in [9.17, 15) is 0 Å². The average molecular weight is 127 g/mol. The van der Waals surface area contributed by atoms with Crippen molar-refractivity contribution in [1.29, 1.82) is 0 Å². The molecule has 1 aliphatic rings. The zero-order valence-electron chi connectivity index (χ0n) is 5.76. The summed E-state index contributed by atoms with van der Waals surface area (Å²) in [6, 6.07) is 0. The third kappa shape index (κ3) is 1.45. The monoisotopic (exact) mass is 127 g/mol. The summed E-state index contributed by atoms with van der Waals surface area (Å²) < 4.78 is 5.22. The van der Waals surface area contributed by atoms with Gasteiger partial charge in [-0.15, -0.1) is 0 Å². The van der Waals surface area contributed by atoms with Crippen molar-refractivity contribution in [2.75, 3.05) is 6.54 Å². The van der Waals surface area contributed by atoms with E-state index in [1.54, 1.807) is 0 Å². The van der Waals surface area contributed by atoms with Gasteiger partial charge >= 0.3 is 0 Å². The highest BCUT2D eigenvalue weighted by molar-refractivity contribution is 5.04. The van der Waals surface area contributed by atoms with E-state index < -0.39 is 0 Å². The maximum Gasteiger partial charge on any atom is 0.114 e. The lowest BCUT2D eigenvalue weighted by molar-refractivity contribution is 0.178. The summed E-state index contributed by atoms with van der Waals surface area (Å²) in [5.41, 5.74) is 6.77. The molecule has 0 spiro atoms. The molecule has 1 heterocycles. The quantitative estimate of drug-likeness (QED) is 0.601. The topological polar surface area (TPSA) is 35.2 Å². The summed E-state index contributed by atoms with van der Waals surface area (Å²) in [6.45, 7) is 2.77. The number of ether oxygens (including phenoxy) is 1. The summed E-state index contributed by atoms with van der Waals surface area (Å²) in [7, 11) is 0. The van der Waals surface area contributed by atoms with Crippen LogP contribution in [0.2, 0.25) is 0 Å². The molecule has 2 N–H and O–H groups in total. The molecule has 0 aromatic rings. The predicted octanol–water partition coefficient (Wildman–Crippen LogP) is 1.03. The van der Waals surface area contributed by atoms with Gasteiger partial charge in [0, 0.05) is 13.0 Å². The number of hydrogen-bond acceptors (Lipinski definition) is 2. The Morgan fingerprint density at radius 3 is 3.00 bits per heavy atom. The molecule has 0 bridgehead atoms. The van der Waals surface area contributed by atoms with Gasteiger partial charge in [-0.25, -0.2) is 0 Å². The highest BCUT2D eigenvalue weighted by atomic mass is 16.5. The van der Waals surface area contributed by atoms with Crippen molar-refractivity contribution in [3.05, 3.63) is 11.8 Å². The van der Waals surface area contributed by atoms with Crippen molar-refractivity contribution in [3.8, 4) is 0 Å². The zero-order valence-corrected chi connectivity index (χ0v) is 5.76. The first-order valence-electron chi connectivity index (χ1n) is 3.40. The van der Waals surface area contributed by atoms with Crippen LogP contribution < -0.4 is 5.73 Å². The molecule has 0 radical (unpaired) electrons. The lowest BCUT2D eigenvalue weighted by atomic mass is 10.1. The average Bonchev–Trinajstić information content (AvgIpc) is 2.34. The van der Waals surface area contributed by atoms with E-state index >= 15 is 0 Å². The van der Waals surface area contributed by atoms with Crippen molar-refractivity contribution in [3.63, 3.8) is 0 Å². The lowest BCUT2D eigenvalue weighted by Crippen LogP contribution is -2.18. The Labute approximate surface area is 55.7 Å².